The van der Waals surface area contributed by atoms with Gasteiger partial charge in [0, 0.05) is 51.1 Å². The lowest BCUT2D eigenvalue weighted by Gasteiger charge is -2.42. The summed E-state index contributed by atoms with van der Waals surface area (Å²) in [6.07, 6.45) is -0.769. The molecule has 1 fully saturated rings. The molecule has 2 amide bonds. The molecular formula is C31H32F3N7O5. The molecule has 242 valence electrons. The first-order valence-corrected chi connectivity index (χ1v) is 14.3. The van der Waals surface area contributed by atoms with Gasteiger partial charge in [-0.15, -0.1) is 0 Å². The number of ether oxygens (including phenoxy) is 3. The van der Waals surface area contributed by atoms with Gasteiger partial charge in [0.25, 0.3) is 5.91 Å². The highest BCUT2D eigenvalue weighted by Gasteiger charge is 2.37. The number of hydrogen-bond acceptors (Lipinski definition) is 9. The van der Waals surface area contributed by atoms with Crippen molar-refractivity contribution in [3.63, 3.8) is 0 Å². The van der Waals surface area contributed by atoms with Crippen molar-refractivity contribution in [3.05, 3.63) is 84.6 Å². The molecule has 0 spiro atoms. The maximum Gasteiger partial charge on any atom is 0.433 e. The summed E-state index contributed by atoms with van der Waals surface area (Å²) < 4.78 is 59.3. The van der Waals surface area contributed by atoms with Crippen molar-refractivity contribution in [2.24, 2.45) is 0 Å². The van der Waals surface area contributed by atoms with Crippen LogP contribution in [0, 0.1) is 0 Å². The second-order valence-electron chi connectivity index (χ2n) is 10.3. The Hall–Kier alpha value is -5.34. The van der Waals surface area contributed by atoms with Crippen LogP contribution in [-0.2, 0) is 22.3 Å². The molecule has 15 heteroatoms. The van der Waals surface area contributed by atoms with Gasteiger partial charge >= 0.3 is 6.18 Å². The molecule has 3 heterocycles. The minimum absolute atomic E-state index is 0.0312. The Kier molecular flexibility index (Phi) is 9.88. The van der Waals surface area contributed by atoms with E-state index >= 15 is 0 Å². The molecule has 1 N–H and O–H groups in total. The third-order valence-corrected chi connectivity index (χ3v) is 7.32. The van der Waals surface area contributed by atoms with Crippen LogP contribution in [0.2, 0.25) is 0 Å². The zero-order valence-corrected chi connectivity index (χ0v) is 25.1. The van der Waals surface area contributed by atoms with Gasteiger partial charge in [0.15, 0.2) is 23.8 Å². The van der Waals surface area contributed by atoms with Gasteiger partial charge in [0.1, 0.15) is 17.9 Å². The Labute approximate surface area is 262 Å². The second-order valence-corrected chi connectivity index (χ2v) is 10.3. The third-order valence-electron chi connectivity index (χ3n) is 7.32. The molecule has 1 saturated heterocycles. The largest absolute Gasteiger partial charge is 0.493 e. The van der Waals surface area contributed by atoms with Crippen molar-refractivity contribution in [2.45, 2.75) is 25.2 Å². The van der Waals surface area contributed by atoms with Crippen LogP contribution >= 0.6 is 0 Å². The summed E-state index contributed by atoms with van der Waals surface area (Å²) in [6, 6.07) is 14.2. The van der Waals surface area contributed by atoms with E-state index in [1.54, 1.807) is 47.4 Å². The van der Waals surface area contributed by atoms with Crippen LogP contribution in [-0.4, -0.2) is 82.7 Å². The van der Waals surface area contributed by atoms with Crippen molar-refractivity contribution < 1.29 is 37.0 Å². The maximum atomic E-state index is 13.9. The van der Waals surface area contributed by atoms with Crippen molar-refractivity contribution >= 4 is 17.6 Å². The van der Waals surface area contributed by atoms with E-state index in [1.807, 2.05) is 6.07 Å². The molecule has 5 rings (SSSR count). The number of aromatic nitrogens is 4. The lowest BCUT2D eigenvalue weighted by atomic mass is 10.1. The smallest absolute Gasteiger partial charge is 0.433 e. The molecule has 4 aromatic rings. The van der Waals surface area contributed by atoms with Crippen LogP contribution in [0.4, 0.5) is 19.0 Å². The molecule has 46 heavy (non-hydrogen) atoms. The number of alkyl halides is 3. The van der Waals surface area contributed by atoms with Gasteiger partial charge in [-0.25, -0.2) is 9.97 Å². The normalized spacial score (nSPS) is 14.9. The number of benzene rings is 2. The number of para-hydroxylation sites is 1. The molecule has 1 aliphatic heterocycles. The number of nitrogens with one attached hydrogen (secondary N) is 1. The molecule has 2 aromatic heterocycles. The number of rotatable bonds is 11. The first-order valence-electron chi connectivity index (χ1n) is 14.3. The summed E-state index contributed by atoms with van der Waals surface area (Å²) in [5.74, 6) is 0.599. The number of hydrogen-bond donors (Lipinski definition) is 1. The number of imidazole rings is 1. The van der Waals surface area contributed by atoms with Crippen LogP contribution in [0.1, 0.15) is 17.7 Å². The van der Waals surface area contributed by atoms with Gasteiger partial charge in [0.2, 0.25) is 11.9 Å². The SMILES string of the molecule is COc1ccc(CNC(=O)CC2CN(C(=O)COc3ccccc3)CCN2c2cc(C(F)(F)F)nc(-n3ccnc3)n2)cc1OC. The van der Waals surface area contributed by atoms with E-state index < -0.39 is 17.9 Å². The molecule has 0 bridgehead atoms. The molecule has 0 radical (unpaired) electrons. The fourth-order valence-electron chi connectivity index (χ4n) is 5.00. The number of amides is 2. The average Bonchev–Trinajstić information content (AvgIpc) is 3.61. The van der Waals surface area contributed by atoms with Gasteiger partial charge < -0.3 is 29.3 Å². The molecule has 0 aliphatic carbocycles. The number of anilines is 1. The summed E-state index contributed by atoms with van der Waals surface area (Å²) in [4.78, 5) is 41.5. The zero-order valence-electron chi connectivity index (χ0n) is 25.1. The standard InChI is InChI=1S/C31H32F3N7O5/c1-44-24-9-8-21(14-25(24)45-2)17-36-28(42)15-22-18-39(29(43)19-46-23-6-4-3-5-7-23)12-13-41(22)27-16-26(31(32,33)34)37-30(38-27)40-11-10-35-20-40/h3-11,14,16,20,22H,12-13,15,17-19H2,1-2H3,(H,36,42). The molecule has 1 unspecified atom stereocenters. The predicted molar refractivity (Wildman–Crippen MR) is 160 cm³/mol. The highest BCUT2D eigenvalue weighted by atomic mass is 19.4. The Morgan fingerprint density at radius 3 is 2.48 bits per heavy atom. The van der Waals surface area contributed by atoms with E-state index in [9.17, 15) is 22.8 Å². The molecule has 1 aliphatic rings. The number of carbonyl (C=O) groups is 2. The van der Waals surface area contributed by atoms with Crippen LogP contribution < -0.4 is 24.4 Å². The molecule has 0 saturated carbocycles. The Balaban J connectivity index is 1.37. The lowest BCUT2D eigenvalue weighted by molar-refractivity contribution is -0.141. The van der Waals surface area contributed by atoms with Gasteiger partial charge in [-0.2, -0.15) is 18.2 Å². The number of piperazine rings is 1. The first-order chi connectivity index (χ1) is 22.1. The average molecular weight is 640 g/mol. The summed E-state index contributed by atoms with van der Waals surface area (Å²) in [5, 5.41) is 2.85. The number of nitrogens with zero attached hydrogens (tertiary/aromatic N) is 6. The first kappa shape index (κ1) is 32.1. The highest BCUT2D eigenvalue weighted by Crippen LogP contribution is 2.32. The topological polar surface area (TPSA) is 124 Å². The molecule has 1 atom stereocenters. The Morgan fingerprint density at radius 1 is 1.00 bits per heavy atom. The van der Waals surface area contributed by atoms with Crippen molar-refractivity contribution in [1.29, 1.82) is 0 Å². The van der Waals surface area contributed by atoms with E-state index in [4.69, 9.17) is 14.2 Å². The zero-order chi connectivity index (χ0) is 32.7. The molecular weight excluding hydrogens is 607 g/mol. The van der Waals surface area contributed by atoms with Crippen LogP contribution in [0.15, 0.2) is 73.3 Å². The molecule has 2 aromatic carbocycles. The van der Waals surface area contributed by atoms with Crippen LogP contribution in [0.25, 0.3) is 5.95 Å². The van der Waals surface area contributed by atoms with E-state index in [0.29, 0.717) is 17.2 Å². The maximum absolute atomic E-state index is 13.9. The predicted octanol–water partition coefficient (Wildman–Crippen LogP) is 3.50. The van der Waals surface area contributed by atoms with Gasteiger partial charge in [0.05, 0.1) is 20.3 Å². The van der Waals surface area contributed by atoms with E-state index in [1.165, 1.54) is 42.4 Å². The van der Waals surface area contributed by atoms with Crippen LogP contribution in [0.3, 0.4) is 0 Å². The summed E-state index contributed by atoms with van der Waals surface area (Å²) >= 11 is 0. The lowest BCUT2D eigenvalue weighted by Crippen LogP contribution is -2.57. The van der Waals surface area contributed by atoms with Crippen molar-refractivity contribution in [2.75, 3.05) is 45.4 Å². The highest BCUT2D eigenvalue weighted by molar-refractivity contribution is 5.80. The Morgan fingerprint density at radius 2 is 1.78 bits per heavy atom. The quantitative estimate of drug-likeness (QED) is 0.263. The number of carbonyl (C=O) groups excluding carboxylic acids is 2. The molecule has 12 nitrogen and oxygen atoms in total. The van der Waals surface area contributed by atoms with Crippen LogP contribution in [0.5, 0.6) is 17.2 Å². The van der Waals surface area contributed by atoms with Gasteiger partial charge in [-0.1, -0.05) is 24.3 Å². The Bertz CT molecular complexity index is 1640. The summed E-state index contributed by atoms with van der Waals surface area (Å²) in [7, 11) is 3.02. The van der Waals surface area contributed by atoms with Gasteiger partial charge in [-0.3, -0.25) is 14.2 Å². The van der Waals surface area contributed by atoms with Gasteiger partial charge in [-0.05, 0) is 29.8 Å². The monoisotopic (exact) mass is 639 g/mol. The summed E-state index contributed by atoms with van der Waals surface area (Å²) in [6.45, 7) is 0.260. The van der Waals surface area contributed by atoms with Crippen molar-refractivity contribution in [3.8, 4) is 23.2 Å². The minimum Gasteiger partial charge on any atom is -0.493 e. The fraction of sp³-hybridized carbons (Fsp3) is 0.323. The fourth-order valence-corrected chi connectivity index (χ4v) is 5.00. The van der Waals surface area contributed by atoms with Crippen molar-refractivity contribution in [1.82, 2.24) is 29.7 Å². The number of halogens is 3. The summed E-state index contributed by atoms with van der Waals surface area (Å²) in [5.41, 5.74) is -0.399. The minimum atomic E-state index is -4.76. The van der Waals surface area contributed by atoms with E-state index in [2.05, 4.69) is 20.3 Å². The second kappa shape index (κ2) is 14.2. The number of methoxy groups -OCH3 is 2. The van der Waals surface area contributed by atoms with E-state index in [-0.39, 0.29) is 62.8 Å². The third kappa shape index (κ3) is 7.83. The van der Waals surface area contributed by atoms with E-state index in [0.717, 1.165) is 11.6 Å².